The summed E-state index contributed by atoms with van der Waals surface area (Å²) in [4.78, 5) is 19.0. The Hall–Kier alpha value is -1.90. The number of benzene rings is 1. The Kier molecular flexibility index (Phi) is 3.60. The molecule has 2 rings (SSSR count). The number of hydrogen-bond acceptors (Lipinski definition) is 2. The number of nitrogens with zero attached hydrogens (tertiary/aromatic N) is 1. The number of aromatic amines is 1. The molecule has 0 aliphatic carbocycles. The minimum Gasteiger partial charge on any atom is -0.307 e. The average Bonchev–Trinajstić information content (AvgIpc) is 2.32. The van der Waals surface area contributed by atoms with Crippen molar-refractivity contribution in [2.75, 3.05) is 0 Å². The summed E-state index contributed by atoms with van der Waals surface area (Å²) in [6, 6.07) is 7.63. The van der Waals surface area contributed by atoms with Crippen molar-refractivity contribution in [2.24, 2.45) is 0 Å². The molecule has 0 amide bonds. The van der Waals surface area contributed by atoms with Crippen molar-refractivity contribution in [3.05, 3.63) is 51.4 Å². The number of hydrogen-bond donors (Lipinski definition) is 1. The predicted octanol–water partition coefficient (Wildman–Crippen LogP) is 3.01. The van der Waals surface area contributed by atoms with E-state index in [0.29, 0.717) is 5.82 Å². The summed E-state index contributed by atoms with van der Waals surface area (Å²) < 4.78 is 0. The summed E-state index contributed by atoms with van der Waals surface area (Å²) in [6.07, 6.45) is 1.82. The smallest absolute Gasteiger partial charge is 0.251 e. The molecule has 1 aromatic heterocycles. The summed E-state index contributed by atoms with van der Waals surface area (Å²) in [5.74, 6) is 0.673. The largest absolute Gasteiger partial charge is 0.307 e. The van der Waals surface area contributed by atoms with Crippen molar-refractivity contribution in [2.45, 2.75) is 33.6 Å². The van der Waals surface area contributed by atoms with Crippen molar-refractivity contribution in [1.82, 2.24) is 9.97 Å². The number of rotatable bonds is 3. The fourth-order valence-corrected chi connectivity index (χ4v) is 2.03. The van der Waals surface area contributed by atoms with E-state index in [2.05, 4.69) is 36.8 Å². The highest BCUT2D eigenvalue weighted by molar-refractivity contribution is 5.61. The van der Waals surface area contributed by atoms with Crippen molar-refractivity contribution in [3.8, 4) is 11.4 Å². The van der Waals surface area contributed by atoms with Crippen LogP contribution < -0.4 is 5.56 Å². The van der Waals surface area contributed by atoms with Crippen molar-refractivity contribution in [1.29, 1.82) is 0 Å². The Labute approximate surface area is 107 Å². The lowest BCUT2D eigenvalue weighted by Crippen LogP contribution is -2.11. The SMILES string of the molecule is CCCc1cc(=O)[nH]c(-c2cccc(C)c2C)n1. The van der Waals surface area contributed by atoms with Crippen LogP contribution in [0, 0.1) is 13.8 Å². The molecule has 3 nitrogen and oxygen atoms in total. The molecule has 0 saturated heterocycles. The van der Waals surface area contributed by atoms with Gasteiger partial charge < -0.3 is 4.98 Å². The average molecular weight is 242 g/mol. The lowest BCUT2D eigenvalue weighted by Gasteiger charge is -2.08. The monoisotopic (exact) mass is 242 g/mol. The minimum atomic E-state index is -0.0793. The third-order valence-electron chi connectivity index (χ3n) is 3.16. The molecule has 1 aromatic carbocycles. The van der Waals surface area contributed by atoms with Crippen LogP contribution in [0.1, 0.15) is 30.2 Å². The first-order chi connectivity index (χ1) is 8.61. The quantitative estimate of drug-likeness (QED) is 0.899. The third-order valence-corrected chi connectivity index (χ3v) is 3.16. The highest BCUT2D eigenvalue weighted by Crippen LogP contribution is 2.21. The molecular formula is C15H18N2O. The molecule has 0 aliphatic rings. The zero-order chi connectivity index (χ0) is 13.1. The first-order valence-corrected chi connectivity index (χ1v) is 6.28. The lowest BCUT2D eigenvalue weighted by molar-refractivity contribution is 0.869. The van der Waals surface area contributed by atoms with Crippen LogP contribution in [-0.4, -0.2) is 9.97 Å². The second-order valence-corrected chi connectivity index (χ2v) is 4.58. The van der Waals surface area contributed by atoms with Gasteiger partial charge in [-0.05, 0) is 31.4 Å². The van der Waals surface area contributed by atoms with Crippen LogP contribution in [0.5, 0.6) is 0 Å². The van der Waals surface area contributed by atoms with Gasteiger partial charge in [0.05, 0.1) is 0 Å². The van der Waals surface area contributed by atoms with Crippen LogP contribution in [0.15, 0.2) is 29.1 Å². The standard InChI is InChI=1S/C15H18N2O/c1-4-6-12-9-14(18)17-15(16-12)13-8-5-7-10(2)11(13)3/h5,7-9H,4,6H2,1-3H3,(H,16,17,18). The Bertz CT molecular complexity index is 614. The van der Waals surface area contributed by atoms with Crippen LogP contribution in [0.4, 0.5) is 0 Å². The van der Waals surface area contributed by atoms with Gasteiger partial charge in [-0.2, -0.15) is 0 Å². The summed E-state index contributed by atoms with van der Waals surface area (Å²) in [7, 11) is 0. The van der Waals surface area contributed by atoms with Crippen molar-refractivity contribution >= 4 is 0 Å². The molecule has 0 bridgehead atoms. The summed E-state index contributed by atoms with van der Waals surface area (Å²) in [6.45, 7) is 6.20. The lowest BCUT2D eigenvalue weighted by atomic mass is 10.0. The Balaban J connectivity index is 2.56. The maximum atomic E-state index is 11.7. The van der Waals surface area contributed by atoms with Crippen LogP contribution in [0.2, 0.25) is 0 Å². The second-order valence-electron chi connectivity index (χ2n) is 4.58. The molecule has 94 valence electrons. The van der Waals surface area contributed by atoms with Crippen molar-refractivity contribution in [3.63, 3.8) is 0 Å². The predicted molar refractivity (Wildman–Crippen MR) is 73.8 cm³/mol. The molecule has 0 unspecified atom stereocenters. The molecule has 3 heteroatoms. The molecule has 0 spiro atoms. The first kappa shape index (κ1) is 12.6. The maximum Gasteiger partial charge on any atom is 0.251 e. The fraction of sp³-hybridized carbons (Fsp3) is 0.333. The first-order valence-electron chi connectivity index (χ1n) is 6.28. The van der Waals surface area contributed by atoms with E-state index in [1.807, 2.05) is 12.1 Å². The minimum absolute atomic E-state index is 0.0793. The number of nitrogens with one attached hydrogen (secondary N) is 1. The normalized spacial score (nSPS) is 10.6. The van der Waals surface area contributed by atoms with E-state index in [1.165, 1.54) is 5.56 Å². The van der Waals surface area contributed by atoms with Gasteiger partial charge in [0.25, 0.3) is 5.56 Å². The van der Waals surface area contributed by atoms with Gasteiger partial charge in [-0.25, -0.2) is 4.98 Å². The van der Waals surface area contributed by atoms with Crippen LogP contribution in [0.3, 0.4) is 0 Å². The molecule has 0 atom stereocenters. The summed E-state index contributed by atoms with van der Waals surface area (Å²) in [5.41, 5.74) is 4.15. The van der Waals surface area contributed by atoms with Gasteiger partial charge in [-0.3, -0.25) is 4.79 Å². The number of aromatic nitrogens is 2. The molecule has 0 saturated carbocycles. The van der Waals surface area contributed by atoms with E-state index in [4.69, 9.17) is 0 Å². The fourth-order valence-electron chi connectivity index (χ4n) is 2.03. The second kappa shape index (κ2) is 5.17. The van der Waals surface area contributed by atoms with Gasteiger partial charge in [0, 0.05) is 17.3 Å². The zero-order valence-electron chi connectivity index (χ0n) is 11.1. The molecule has 0 aliphatic heterocycles. The Morgan fingerprint density at radius 3 is 2.78 bits per heavy atom. The van der Waals surface area contributed by atoms with Gasteiger partial charge in [-0.15, -0.1) is 0 Å². The molecule has 2 aromatic rings. The molecule has 0 radical (unpaired) electrons. The highest BCUT2D eigenvalue weighted by Gasteiger charge is 2.07. The van der Waals surface area contributed by atoms with E-state index < -0.39 is 0 Å². The van der Waals surface area contributed by atoms with E-state index in [-0.39, 0.29) is 5.56 Å². The van der Waals surface area contributed by atoms with E-state index >= 15 is 0 Å². The van der Waals surface area contributed by atoms with E-state index in [1.54, 1.807) is 6.07 Å². The number of aryl methyl sites for hydroxylation is 2. The number of H-pyrrole nitrogens is 1. The Morgan fingerprint density at radius 1 is 1.28 bits per heavy atom. The molecule has 18 heavy (non-hydrogen) atoms. The maximum absolute atomic E-state index is 11.7. The summed E-state index contributed by atoms with van der Waals surface area (Å²) in [5, 5.41) is 0. The molecule has 0 fully saturated rings. The van der Waals surface area contributed by atoms with Crippen LogP contribution >= 0.6 is 0 Å². The third kappa shape index (κ3) is 2.50. The molecule has 1 heterocycles. The van der Waals surface area contributed by atoms with Gasteiger partial charge >= 0.3 is 0 Å². The van der Waals surface area contributed by atoms with Crippen LogP contribution in [-0.2, 0) is 6.42 Å². The summed E-state index contributed by atoms with van der Waals surface area (Å²) >= 11 is 0. The topological polar surface area (TPSA) is 45.8 Å². The van der Waals surface area contributed by atoms with Gasteiger partial charge in [0.15, 0.2) is 0 Å². The zero-order valence-corrected chi connectivity index (χ0v) is 11.1. The molecular weight excluding hydrogens is 224 g/mol. The Morgan fingerprint density at radius 2 is 2.06 bits per heavy atom. The van der Waals surface area contributed by atoms with Crippen molar-refractivity contribution < 1.29 is 0 Å². The van der Waals surface area contributed by atoms with E-state index in [0.717, 1.165) is 29.7 Å². The van der Waals surface area contributed by atoms with Crippen LogP contribution in [0.25, 0.3) is 11.4 Å². The van der Waals surface area contributed by atoms with Gasteiger partial charge in [0.2, 0.25) is 0 Å². The van der Waals surface area contributed by atoms with Gasteiger partial charge in [0.1, 0.15) is 5.82 Å². The molecule has 1 N–H and O–H groups in total. The van der Waals surface area contributed by atoms with E-state index in [9.17, 15) is 4.79 Å². The van der Waals surface area contributed by atoms with Gasteiger partial charge in [-0.1, -0.05) is 31.5 Å². The highest BCUT2D eigenvalue weighted by atomic mass is 16.1.